The molecular weight excluding hydrogens is 349 g/mol. The summed E-state index contributed by atoms with van der Waals surface area (Å²) in [5.74, 6) is -3.65. The van der Waals surface area contributed by atoms with Crippen LogP contribution in [-0.4, -0.2) is 24.2 Å². The molecule has 3 N–H and O–H groups in total. The Kier molecular flexibility index (Phi) is 5.43. The van der Waals surface area contributed by atoms with Crippen molar-refractivity contribution < 1.29 is 27.9 Å². The molecule has 1 amide bonds. The summed E-state index contributed by atoms with van der Waals surface area (Å²) in [6.45, 7) is -0.503. The number of aliphatic hydroxyl groups excluding tert-OH is 1. The number of benzene rings is 2. The van der Waals surface area contributed by atoms with Crippen molar-refractivity contribution in [1.82, 2.24) is 5.48 Å². The Balaban J connectivity index is 1.88. The molecule has 1 fully saturated rings. The van der Waals surface area contributed by atoms with Crippen molar-refractivity contribution in [2.45, 2.75) is 18.8 Å². The van der Waals surface area contributed by atoms with Crippen molar-refractivity contribution in [2.75, 3.05) is 18.5 Å². The number of rotatable bonds is 7. The van der Waals surface area contributed by atoms with Crippen molar-refractivity contribution in [3.8, 4) is 0 Å². The molecule has 0 heterocycles. The minimum Gasteiger partial charge on any atom is -0.394 e. The molecule has 0 saturated heterocycles. The first-order valence-electron chi connectivity index (χ1n) is 8.08. The van der Waals surface area contributed by atoms with Crippen LogP contribution in [0.3, 0.4) is 0 Å². The minimum absolute atomic E-state index is 0.0794. The minimum atomic E-state index is -1.31. The maximum Gasteiger partial charge on any atom is 0.277 e. The van der Waals surface area contributed by atoms with Crippen molar-refractivity contribution in [3.05, 3.63) is 58.9 Å². The third kappa shape index (κ3) is 3.97. The molecule has 1 aliphatic carbocycles. The van der Waals surface area contributed by atoms with Crippen molar-refractivity contribution >= 4 is 17.3 Å². The summed E-state index contributed by atoms with van der Waals surface area (Å²) >= 11 is 0. The second kappa shape index (κ2) is 7.76. The highest BCUT2D eigenvalue weighted by molar-refractivity contribution is 6.00. The Bertz CT molecular complexity index is 826. The molecule has 0 atom stereocenters. The number of carbonyl (C=O) groups excluding carboxylic acids is 1. The Morgan fingerprint density at radius 3 is 2.58 bits per heavy atom. The number of halogens is 3. The fraction of sp³-hybridized carbons (Fsp3) is 0.278. The van der Waals surface area contributed by atoms with E-state index in [2.05, 4.69) is 10.2 Å². The highest BCUT2D eigenvalue weighted by atomic mass is 19.2. The van der Waals surface area contributed by atoms with E-state index in [0.29, 0.717) is 5.92 Å². The van der Waals surface area contributed by atoms with Gasteiger partial charge < -0.3 is 10.4 Å². The van der Waals surface area contributed by atoms with Crippen molar-refractivity contribution in [2.24, 2.45) is 0 Å². The monoisotopic (exact) mass is 366 g/mol. The van der Waals surface area contributed by atoms with Gasteiger partial charge in [-0.25, -0.2) is 18.7 Å². The standard InChI is InChI=1S/C18H17F3N2O3/c19-13-5-4-12(18(25)23-26-8-7-24)17(16(13)21)22-15-6-3-11(9-14(15)20)10-1-2-10/h3-6,9-10,22,24H,1-2,7-8H2,(H,23,25). The molecule has 138 valence electrons. The van der Waals surface area contributed by atoms with E-state index in [1.54, 1.807) is 6.07 Å². The van der Waals surface area contributed by atoms with Crippen LogP contribution >= 0.6 is 0 Å². The molecule has 0 aromatic heterocycles. The van der Waals surface area contributed by atoms with Gasteiger partial charge in [0.2, 0.25) is 0 Å². The van der Waals surface area contributed by atoms with Gasteiger partial charge in [-0.1, -0.05) is 6.07 Å². The van der Waals surface area contributed by atoms with Gasteiger partial charge in [0.15, 0.2) is 11.6 Å². The maximum absolute atomic E-state index is 14.3. The van der Waals surface area contributed by atoms with Gasteiger partial charge >= 0.3 is 0 Å². The van der Waals surface area contributed by atoms with Gasteiger partial charge in [0.25, 0.3) is 5.91 Å². The fourth-order valence-corrected chi connectivity index (χ4v) is 2.52. The summed E-state index contributed by atoms with van der Waals surface area (Å²) in [5.41, 5.74) is 1.99. The molecule has 0 radical (unpaired) electrons. The van der Waals surface area contributed by atoms with Gasteiger partial charge in [-0.15, -0.1) is 0 Å². The second-order valence-corrected chi connectivity index (χ2v) is 5.93. The fourth-order valence-electron chi connectivity index (χ4n) is 2.52. The predicted octanol–water partition coefficient (Wildman–Crippen LogP) is 3.38. The maximum atomic E-state index is 14.3. The topological polar surface area (TPSA) is 70.6 Å². The Hall–Kier alpha value is -2.58. The van der Waals surface area contributed by atoms with Crippen LogP contribution in [0.25, 0.3) is 0 Å². The van der Waals surface area contributed by atoms with Crippen LogP contribution in [-0.2, 0) is 4.84 Å². The molecule has 26 heavy (non-hydrogen) atoms. The van der Waals surface area contributed by atoms with E-state index in [0.717, 1.165) is 30.5 Å². The molecule has 1 saturated carbocycles. The molecule has 0 spiro atoms. The van der Waals surface area contributed by atoms with Gasteiger partial charge in [0.05, 0.1) is 30.2 Å². The zero-order chi connectivity index (χ0) is 18.7. The summed E-state index contributed by atoms with van der Waals surface area (Å²) in [4.78, 5) is 16.8. The first-order valence-corrected chi connectivity index (χ1v) is 8.08. The highest BCUT2D eigenvalue weighted by Crippen LogP contribution is 2.41. The van der Waals surface area contributed by atoms with Gasteiger partial charge in [-0.2, -0.15) is 0 Å². The molecule has 2 aromatic rings. The lowest BCUT2D eigenvalue weighted by molar-refractivity contribution is 0.0168. The largest absolute Gasteiger partial charge is 0.394 e. The van der Waals surface area contributed by atoms with Crippen molar-refractivity contribution in [3.63, 3.8) is 0 Å². The summed E-state index contributed by atoms with van der Waals surface area (Å²) in [6.07, 6.45) is 2.01. The van der Waals surface area contributed by atoms with Crippen LogP contribution in [0, 0.1) is 17.5 Å². The second-order valence-electron chi connectivity index (χ2n) is 5.93. The smallest absolute Gasteiger partial charge is 0.277 e. The molecule has 3 rings (SSSR count). The number of aliphatic hydroxyl groups is 1. The zero-order valence-electron chi connectivity index (χ0n) is 13.7. The average molecular weight is 366 g/mol. The lowest BCUT2D eigenvalue weighted by Crippen LogP contribution is -2.26. The molecule has 8 heteroatoms. The molecule has 0 bridgehead atoms. The van der Waals surface area contributed by atoms with Crippen LogP contribution in [0.4, 0.5) is 24.5 Å². The number of nitrogens with one attached hydrogen (secondary N) is 2. The first-order chi connectivity index (χ1) is 12.5. The summed E-state index contributed by atoms with van der Waals surface area (Å²) < 4.78 is 42.1. The number of anilines is 2. The number of amides is 1. The normalized spacial score (nSPS) is 13.5. The summed E-state index contributed by atoms with van der Waals surface area (Å²) in [6, 6.07) is 6.33. The van der Waals surface area contributed by atoms with Crippen molar-refractivity contribution in [1.29, 1.82) is 0 Å². The van der Waals surface area contributed by atoms with Crippen LogP contribution in [0.15, 0.2) is 30.3 Å². The van der Waals surface area contributed by atoms with Crippen LogP contribution in [0.5, 0.6) is 0 Å². The summed E-state index contributed by atoms with van der Waals surface area (Å²) in [5, 5.41) is 11.1. The zero-order valence-corrected chi connectivity index (χ0v) is 13.7. The Labute approximate surface area is 147 Å². The molecule has 5 nitrogen and oxygen atoms in total. The Morgan fingerprint density at radius 1 is 1.15 bits per heavy atom. The molecular formula is C18H17F3N2O3. The third-order valence-corrected chi connectivity index (χ3v) is 4.00. The number of hydrogen-bond acceptors (Lipinski definition) is 4. The number of hydroxylamine groups is 1. The number of carbonyl (C=O) groups is 1. The summed E-state index contributed by atoms with van der Waals surface area (Å²) in [7, 11) is 0. The Morgan fingerprint density at radius 2 is 1.92 bits per heavy atom. The van der Waals surface area contributed by atoms with E-state index in [1.807, 2.05) is 5.48 Å². The molecule has 1 aliphatic rings. The van der Waals surface area contributed by atoms with Crippen LogP contribution < -0.4 is 10.8 Å². The lowest BCUT2D eigenvalue weighted by atomic mass is 10.1. The van der Waals surface area contributed by atoms with E-state index < -0.39 is 29.0 Å². The van der Waals surface area contributed by atoms with Crippen LogP contribution in [0.2, 0.25) is 0 Å². The molecule has 0 unspecified atom stereocenters. The van der Waals surface area contributed by atoms with E-state index in [-0.39, 0.29) is 24.5 Å². The average Bonchev–Trinajstić information content (AvgIpc) is 3.46. The van der Waals surface area contributed by atoms with Gasteiger partial charge in [-0.05, 0) is 48.6 Å². The van der Waals surface area contributed by atoms with E-state index in [4.69, 9.17) is 5.11 Å². The lowest BCUT2D eigenvalue weighted by Gasteiger charge is -2.14. The molecule has 2 aromatic carbocycles. The number of hydrogen-bond donors (Lipinski definition) is 3. The highest BCUT2D eigenvalue weighted by Gasteiger charge is 2.25. The van der Waals surface area contributed by atoms with Gasteiger partial charge in [-0.3, -0.25) is 9.63 Å². The SMILES string of the molecule is O=C(NOCCO)c1ccc(F)c(F)c1Nc1ccc(C2CC2)cc1F. The van der Waals surface area contributed by atoms with E-state index >= 15 is 0 Å². The molecule has 0 aliphatic heterocycles. The van der Waals surface area contributed by atoms with Crippen LogP contribution in [0.1, 0.15) is 34.7 Å². The van der Waals surface area contributed by atoms with E-state index in [9.17, 15) is 18.0 Å². The third-order valence-electron chi connectivity index (χ3n) is 4.00. The first kappa shape index (κ1) is 18.2. The quantitative estimate of drug-likeness (QED) is 0.519. The van der Waals surface area contributed by atoms with Gasteiger partial charge in [0, 0.05) is 0 Å². The van der Waals surface area contributed by atoms with Gasteiger partial charge in [0.1, 0.15) is 5.82 Å². The predicted molar refractivity (Wildman–Crippen MR) is 88.5 cm³/mol. The van der Waals surface area contributed by atoms with E-state index in [1.165, 1.54) is 12.1 Å².